The minimum Gasteiger partial charge on any atom is -0.349 e. The van der Waals surface area contributed by atoms with Crippen LogP contribution < -0.4 is 10.6 Å². The van der Waals surface area contributed by atoms with Gasteiger partial charge < -0.3 is 10.6 Å². The molecule has 0 aromatic carbocycles. The van der Waals surface area contributed by atoms with Gasteiger partial charge in [0.1, 0.15) is 10.9 Å². The standard InChI is InChI=1S/C14H21F3N4OS/c1-3-11-20-9(2)12(23-11)13(22)19-8-10(14(15,16)17)21-6-4-18-5-7-21/h10,18H,3-8H2,1-2H3,(H,19,22). The Morgan fingerprint density at radius 1 is 1.43 bits per heavy atom. The molecular weight excluding hydrogens is 329 g/mol. The lowest BCUT2D eigenvalue weighted by atomic mass is 10.2. The number of hydrogen-bond donors (Lipinski definition) is 2. The summed E-state index contributed by atoms with van der Waals surface area (Å²) in [6, 6.07) is -1.66. The number of nitrogens with one attached hydrogen (secondary N) is 2. The Hall–Kier alpha value is -1.19. The van der Waals surface area contributed by atoms with Crippen LogP contribution in [-0.2, 0) is 6.42 Å². The number of rotatable bonds is 5. The Morgan fingerprint density at radius 2 is 2.09 bits per heavy atom. The Labute approximate surface area is 137 Å². The van der Waals surface area contributed by atoms with Crippen molar-refractivity contribution < 1.29 is 18.0 Å². The molecule has 1 amide bonds. The largest absolute Gasteiger partial charge is 0.405 e. The number of thiazole rings is 1. The summed E-state index contributed by atoms with van der Waals surface area (Å²) in [4.78, 5) is 18.2. The maximum absolute atomic E-state index is 13.3. The van der Waals surface area contributed by atoms with Crippen LogP contribution in [-0.4, -0.2) is 60.7 Å². The van der Waals surface area contributed by atoms with Gasteiger partial charge in [0, 0.05) is 32.7 Å². The van der Waals surface area contributed by atoms with E-state index in [0.717, 1.165) is 5.01 Å². The van der Waals surface area contributed by atoms with Crippen molar-refractivity contribution in [1.82, 2.24) is 20.5 Å². The van der Waals surface area contributed by atoms with Gasteiger partial charge in [0.05, 0.1) is 10.7 Å². The highest BCUT2D eigenvalue weighted by Gasteiger charge is 2.43. The van der Waals surface area contributed by atoms with Gasteiger partial charge in [-0.3, -0.25) is 9.69 Å². The highest BCUT2D eigenvalue weighted by molar-refractivity contribution is 7.13. The van der Waals surface area contributed by atoms with Crippen LogP contribution in [0.5, 0.6) is 0 Å². The summed E-state index contributed by atoms with van der Waals surface area (Å²) in [5.74, 6) is -0.482. The van der Waals surface area contributed by atoms with E-state index in [4.69, 9.17) is 0 Å². The van der Waals surface area contributed by atoms with E-state index in [1.807, 2.05) is 6.92 Å². The number of carbonyl (C=O) groups excluding carboxylic acids is 1. The van der Waals surface area contributed by atoms with Crippen molar-refractivity contribution in [1.29, 1.82) is 0 Å². The molecule has 1 fully saturated rings. The van der Waals surface area contributed by atoms with Crippen molar-refractivity contribution in [3.8, 4) is 0 Å². The second-order valence-corrected chi connectivity index (χ2v) is 6.51. The number of hydrogen-bond acceptors (Lipinski definition) is 5. The van der Waals surface area contributed by atoms with Crippen molar-refractivity contribution >= 4 is 17.2 Å². The molecule has 0 spiro atoms. The van der Waals surface area contributed by atoms with Crippen LogP contribution in [0, 0.1) is 6.92 Å². The lowest BCUT2D eigenvalue weighted by Gasteiger charge is -2.35. The molecule has 9 heteroatoms. The fourth-order valence-corrected chi connectivity index (χ4v) is 3.45. The first-order valence-corrected chi connectivity index (χ1v) is 8.40. The van der Waals surface area contributed by atoms with Crippen LogP contribution in [0.15, 0.2) is 0 Å². The third kappa shape index (κ3) is 4.65. The molecule has 23 heavy (non-hydrogen) atoms. The zero-order chi connectivity index (χ0) is 17.0. The second-order valence-electron chi connectivity index (χ2n) is 5.43. The number of carbonyl (C=O) groups is 1. The molecule has 1 atom stereocenters. The van der Waals surface area contributed by atoms with E-state index in [-0.39, 0.29) is 0 Å². The van der Waals surface area contributed by atoms with Gasteiger partial charge in [-0.15, -0.1) is 11.3 Å². The van der Waals surface area contributed by atoms with E-state index < -0.39 is 24.7 Å². The number of amides is 1. The summed E-state index contributed by atoms with van der Waals surface area (Å²) < 4.78 is 39.8. The summed E-state index contributed by atoms with van der Waals surface area (Å²) in [5, 5.41) is 6.26. The summed E-state index contributed by atoms with van der Waals surface area (Å²) in [5.41, 5.74) is 0.565. The van der Waals surface area contributed by atoms with Crippen molar-refractivity contribution in [2.75, 3.05) is 32.7 Å². The Kier molecular flexibility index (Phi) is 5.99. The molecule has 1 aliphatic heterocycles. The van der Waals surface area contributed by atoms with Gasteiger partial charge in [0.2, 0.25) is 0 Å². The molecule has 2 N–H and O–H groups in total. The minimum atomic E-state index is -4.37. The Balaban J connectivity index is 2.02. The zero-order valence-electron chi connectivity index (χ0n) is 13.2. The number of piperazine rings is 1. The maximum Gasteiger partial charge on any atom is 0.405 e. The van der Waals surface area contributed by atoms with Crippen molar-refractivity contribution in [3.05, 3.63) is 15.6 Å². The van der Waals surface area contributed by atoms with E-state index in [0.29, 0.717) is 43.2 Å². The van der Waals surface area contributed by atoms with Crippen molar-refractivity contribution in [2.24, 2.45) is 0 Å². The van der Waals surface area contributed by atoms with E-state index in [9.17, 15) is 18.0 Å². The molecule has 130 valence electrons. The third-order valence-electron chi connectivity index (χ3n) is 3.78. The van der Waals surface area contributed by atoms with Crippen molar-refractivity contribution in [3.63, 3.8) is 0 Å². The van der Waals surface area contributed by atoms with Crippen LogP contribution in [0.1, 0.15) is 27.3 Å². The predicted molar refractivity (Wildman–Crippen MR) is 82.8 cm³/mol. The number of alkyl halides is 3. The predicted octanol–water partition coefficient (Wildman–Crippen LogP) is 1.58. The highest BCUT2D eigenvalue weighted by atomic mass is 32.1. The van der Waals surface area contributed by atoms with Gasteiger partial charge in [-0.2, -0.15) is 13.2 Å². The average Bonchev–Trinajstić information content (AvgIpc) is 2.88. The number of halogens is 3. The van der Waals surface area contributed by atoms with Gasteiger partial charge >= 0.3 is 6.18 Å². The lowest BCUT2D eigenvalue weighted by molar-refractivity contribution is -0.183. The fraction of sp³-hybridized carbons (Fsp3) is 0.714. The van der Waals surface area contributed by atoms with Crippen LogP contribution in [0.2, 0.25) is 0 Å². The SMILES string of the molecule is CCc1nc(C)c(C(=O)NCC(N2CCNCC2)C(F)(F)F)s1. The van der Waals surface area contributed by atoms with Gasteiger partial charge in [-0.25, -0.2) is 4.98 Å². The molecule has 0 saturated carbocycles. The Bertz CT molecular complexity index is 541. The second kappa shape index (κ2) is 7.59. The molecule has 1 aliphatic rings. The lowest BCUT2D eigenvalue weighted by Crippen LogP contribution is -2.57. The van der Waals surface area contributed by atoms with E-state index in [2.05, 4.69) is 15.6 Å². The fourth-order valence-electron chi connectivity index (χ4n) is 2.53. The van der Waals surface area contributed by atoms with E-state index in [1.165, 1.54) is 16.2 Å². The molecule has 2 heterocycles. The normalized spacial score (nSPS) is 18.0. The van der Waals surface area contributed by atoms with Crippen LogP contribution in [0.25, 0.3) is 0 Å². The van der Waals surface area contributed by atoms with Crippen LogP contribution in [0.4, 0.5) is 13.2 Å². The molecule has 0 radical (unpaired) electrons. The molecule has 2 rings (SSSR count). The van der Waals surface area contributed by atoms with Gasteiger partial charge in [0.15, 0.2) is 0 Å². The molecule has 1 aromatic heterocycles. The molecule has 0 bridgehead atoms. The van der Waals surface area contributed by atoms with Gasteiger partial charge in [-0.05, 0) is 13.3 Å². The summed E-state index contributed by atoms with van der Waals surface area (Å²) in [6.07, 6.45) is -3.67. The average molecular weight is 350 g/mol. The molecule has 1 unspecified atom stereocenters. The summed E-state index contributed by atoms with van der Waals surface area (Å²) >= 11 is 1.23. The molecule has 5 nitrogen and oxygen atoms in total. The quantitative estimate of drug-likeness (QED) is 0.847. The van der Waals surface area contributed by atoms with Crippen LogP contribution >= 0.6 is 11.3 Å². The molecule has 1 aromatic rings. The molecular formula is C14H21F3N4OS. The zero-order valence-corrected chi connectivity index (χ0v) is 14.0. The van der Waals surface area contributed by atoms with Gasteiger partial charge in [0.25, 0.3) is 5.91 Å². The van der Waals surface area contributed by atoms with Crippen LogP contribution in [0.3, 0.4) is 0 Å². The summed E-state index contributed by atoms with van der Waals surface area (Å²) in [7, 11) is 0. The monoisotopic (exact) mass is 350 g/mol. The first-order chi connectivity index (χ1) is 10.8. The van der Waals surface area contributed by atoms with E-state index in [1.54, 1.807) is 6.92 Å². The van der Waals surface area contributed by atoms with E-state index >= 15 is 0 Å². The maximum atomic E-state index is 13.3. The Morgan fingerprint density at radius 3 is 2.61 bits per heavy atom. The molecule has 0 aliphatic carbocycles. The first-order valence-electron chi connectivity index (χ1n) is 7.59. The number of aryl methyl sites for hydroxylation is 2. The number of aromatic nitrogens is 1. The van der Waals surface area contributed by atoms with Gasteiger partial charge in [-0.1, -0.05) is 6.92 Å². The first kappa shape index (κ1) is 18.2. The number of nitrogens with zero attached hydrogens (tertiary/aromatic N) is 2. The molecule has 1 saturated heterocycles. The van der Waals surface area contributed by atoms with Crippen molar-refractivity contribution in [2.45, 2.75) is 32.5 Å². The minimum absolute atomic E-state index is 0.319. The summed E-state index contributed by atoms with van der Waals surface area (Å²) in [6.45, 7) is 4.86. The highest BCUT2D eigenvalue weighted by Crippen LogP contribution is 2.25. The third-order valence-corrected chi connectivity index (χ3v) is 5.08. The topological polar surface area (TPSA) is 57.3 Å². The smallest absolute Gasteiger partial charge is 0.349 e.